The van der Waals surface area contributed by atoms with Gasteiger partial charge in [0.05, 0.1) is 10.5 Å². The lowest BCUT2D eigenvalue weighted by molar-refractivity contribution is -0.389. The fourth-order valence-electron chi connectivity index (χ4n) is 0.948. The summed E-state index contributed by atoms with van der Waals surface area (Å²) in [5.41, 5.74) is -2.11. The molecular weight excluding hydrogens is 382 g/mol. The van der Waals surface area contributed by atoms with Crippen molar-refractivity contribution in [2.45, 2.75) is 12.8 Å². The maximum absolute atomic E-state index is 12.4. The number of hydrogen-bond acceptors (Lipinski definition) is 4. The molecule has 0 aliphatic heterocycles. The summed E-state index contributed by atoms with van der Waals surface area (Å²) in [5, 5.41) is 10.5. The molecule has 0 saturated heterocycles. The number of pyridine rings is 1. The molecule has 0 radical (unpaired) electrons. The Morgan fingerprint density at radius 2 is 2.00 bits per heavy atom. The van der Waals surface area contributed by atoms with E-state index in [1.807, 2.05) is 0 Å². The number of ether oxygens (including phenoxy) is 1. The Kier molecular flexibility index (Phi) is 4.24. The van der Waals surface area contributed by atoms with E-state index in [1.54, 1.807) is 0 Å². The van der Waals surface area contributed by atoms with Crippen LogP contribution in [0.2, 0.25) is 0 Å². The van der Waals surface area contributed by atoms with Gasteiger partial charge >= 0.3 is 17.9 Å². The van der Waals surface area contributed by atoms with Crippen molar-refractivity contribution >= 4 is 28.3 Å². The van der Waals surface area contributed by atoms with Crippen molar-refractivity contribution in [1.82, 2.24) is 4.98 Å². The molecule has 0 aliphatic rings. The highest BCUT2D eigenvalue weighted by Crippen LogP contribution is 2.35. The average Bonchev–Trinajstić information content (AvgIpc) is 2.13. The van der Waals surface area contributed by atoms with Gasteiger partial charge in [0.2, 0.25) is 0 Å². The molecule has 0 atom stereocenters. The quantitative estimate of drug-likeness (QED) is 0.263. The fraction of sp³-hybridized carbons (Fsp3) is 0.286. The minimum absolute atomic E-state index is 0.306. The smallest absolute Gasteiger partial charge is 0.381 e. The highest BCUT2D eigenvalue weighted by Gasteiger charge is 2.36. The van der Waals surface area contributed by atoms with Gasteiger partial charge in [0.25, 0.3) is 6.43 Å². The molecule has 1 aromatic rings. The van der Waals surface area contributed by atoms with Crippen LogP contribution in [0.25, 0.3) is 0 Å². The molecule has 0 spiro atoms. The Bertz CT molecular complexity index is 479. The van der Waals surface area contributed by atoms with Crippen molar-refractivity contribution in [3.63, 3.8) is 0 Å². The van der Waals surface area contributed by atoms with E-state index in [9.17, 15) is 32.1 Å². The van der Waals surface area contributed by atoms with Crippen molar-refractivity contribution in [2.24, 2.45) is 0 Å². The second-order valence-electron chi connectivity index (χ2n) is 2.80. The van der Waals surface area contributed by atoms with Gasteiger partial charge in [-0.05, 0) is 22.6 Å². The third-order valence-electron chi connectivity index (χ3n) is 1.59. The highest BCUT2D eigenvalue weighted by atomic mass is 127. The lowest BCUT2D eigenvalue weighted by Gasteiger charge is -2.10. The average molecular weight is 384 g/mol. The van der Waals surface area contributed by atoms with Gasteiger partial charge in [-0.3, -0.25) is 10.1 Å². The molecule has 1 rings (SSSR count). The summed E-state index contributed by atoms with van der Waals surface area (Å²) in [4.78, 5) is 12.2. The van der Waals surface area contributed by atoms with Crippen LogP contribution in [0.15, 0.2) is 6.07 Å². The number of nitrogens with zero attached hydrogens (tertiary/aromatic N) is 2. The standard InChI is InChI=1S/C7H2F5IN2O3/c8-4(9)2-1-3(15(16)17)6(14-5(2)13)18-7(10,11)12/h1,4H. The van der Waals surface area contributed by atoms with Crippen LogP contribution < -0.4 is 4.74 Å². The fourth-order valence-corrected chi connectivity index (χ4v) is 1.56. The summed E-state index contributed by atoms with van der Waals surface area (Å²) < 4.78 is 63.4. The first-order chi connectivity index (χ1) is 8.11. The van der Waals surface area contributed by atoms with Crippen molar-refractivity contribution in [3.05, 3.63) is 25.4 Å². The van der Waals surface area contributed by atoms with Crippen LogP contribution in [0, 0.1) is 13.8 Å². The summed E-state index contributed by atoms with van der Waals surface area (Å²) in [6.07, 6.45) is -8.30. The van der Waals surface area contributed by atoms with Crippen LogP contribution in [0.3, 0.4) is 0 Å². The molecule has 11 heteroatoms. The van der Waals surface area contributed by atoms with Gasteiger partial charge < -0.3 is 4.74 Å². The Labute approximate surface area is 109 Å². The van der Waals surface area contributed by atoms with E-state index >= 15 is 0 Å². The third-order valence-corrected chi connectivity index (χ3v) is 2.46. The zero-order chi connectivity index (χ0) is 14.1. The predicted molar refractivity (Wildman–Crippen MR) is 55.2 cm³/mol. The first-order valence-electron chi connectivity index (χ1n) is 4.00. The monoisotopic (exact) mass is 384 g/mol. The van der Waals surface area contributed by atoms with E-state index in [4.69, 9.17) is 0 Å². The molecule has 1 heterocycles. The molecule has 18 heavy (non-hydrogen) atoms. The lowest BCUT2D eigenvalue weighted by atomic mass is 10.2. The number of halogens is 6. The number of hydrogen-bond donors (Lipinski definition) is 0. The Morgan fingerprint density at radius 3 is 2.39 bits per heavy atom. The van der Waals surface area contributed by atoms with Crippen LogP contribution in [0.5, 0.6) is 5.88 Å². The summed E-state index contributed by atoms with van der Waals surface area (Å²) in [6.45, 7) is 0. The molecule has 0 N–H and O–H groups in total. The number of aromatic nitrogens is 1. The van der Waals surface area contributed by atoms with E-state index in [2.05, 4.69) is 9.72 Å². The number of alkyl halides is 5. The SMILES string of the molecule is O=[N+]([O-])c1cc(C(F)F)c(I)nc1OC(F)(F)F. The molecule has 0 fully saturated rings. The van der Waals surface area contributed by atoms with Crippen LogP contribution in [-0.4, -0.2) is 16.3 Å². The van der Waals surface area contributed by atoms with Gasteiger partial charge in [-0.1, -0.05) is 0 Å². The van der Waals surface area contributed by atoms with Crippen LogP contribution >= 0.6 is 22.6 Å². The summed E-state index contributed by atoms with van der Waals surface area (Å²) in [6, 6.07) is 0.306. The molecule has 0 bridgehead atoms. The molecule has 0 unspecified atom stereocenters. The molecule has 5 nitrogen and oxygen atoms in total. The second kappa shape index (κ2) is 5.16. The minimum Gasteiger partial charge on any atom is -0.381 e. The molecule has 100 valence electrons. The van der Waals surface area contributed by atoms with Crippen LogP contribution in [0.4, 0.5) is 27.6 Å². The highest BCUT2D eigenvalue weighted by molar-refractivity contribution is 14.1. The lowest BCUT2D eigenvalue weighted by Crippen LogP contribution is -2.19. The van der Waals surface area contributed by atoms with Crippen molar-refractivity contribution < 1.29 is 31.6 Å². The summed E-state index contributed by atoms with van der Waals surface area (Å²) >= 11 is 1.23. The van der Waals surface area contributed by atoms with E-state index in [-0.39, 0.29) is 0 Å². The van der Waals surface area contributed by atoms with E-state index in [1.165, 1.54) is 22.6 Å². The summed E-state index contributed by atoms with van der Waals surface area (Å²) in [5.74, 6) is -1.37. The zero-order valence-corrected chi connectivity index (χ0v) is 10.2. The van der Waals surface area contributed by atoms with Gasteiger partial charge in [-0.2, -0.15) is 0 Å². The van der Waals surface area contributed by atoms with Crippen LogP contribution in [-0.2, 0) is 0 Å². The van der Waals surface area contributed by atoms with E-state index < -0.39 is 38.5 Å². The Hall–Kier alpha value is -1.27. The van der Waals surface area contributed by atoms with Gasteiger partial charge in [0, 0.05) is 6.07 Å². The van der Waals surface area contributed by atoms with E-state index in [0.29, 0.717) is 6.07 Å². The van der Waals surface area contributed by atoms with Gasteiger partial charge in [0.1, 0.15) is 3.70 Å². The molecule has 0 aromatic carbocycles. The third kappa shape index (κ3) is 3.61. The van der Waals surface area contributed by atoms with Gasteiger partial charge in [-0.15, -0.1) is 13.2 Å². The van der Waals surface area contributed by atoms with Gasteiger partial charge in [0.15, 0.2) is 0 Å². The number of rotatable bonds is 3. The minimum atomic E-state index is -5.20. The predicted octanol–water partition coefficient (Wildman–Crippen LogP) is 3.43. The summed E-state index contributed by atoms with van der Waals surface area (Å²) in [7, 11) is 0. The molecule has 0 aliphatic carbocycles. The Morgan fingerprint density at radius 1 is 1.44 bits per heavy atom. The van der Waals surface area contributed by atoms with Gasteiger partial charge in [-0.25, -0.2) is 13.8 Å². The molecule has 0 saturated carbocycles. The molecule has 0 amide bonds. The molecular formula is C7H2F5IN2O3. The Balaban J connectivity index is 3.34. The zero-order valence-electron chi connectivity index (χ0n) is 8.04. The normalized spacial score (nSPS) is 11.7. The largest absolute Gasteiger partial charge is 0.574 e. The van der Waals surface area contributed by atoms with Crippen molar-refractivity contribution in [2.75, 3.05) is 0 Å². The number of nitro groups is 1. The van der Waals surface area contributed by atoms with Crippen molar-refractivity contribution in [1.29, 1.82) is 0 Å². The first-order valence-corrected chi connectivity index (χ1v) is 5.08. The second-order valence-corrected chi connectivity index (χ2v) is 3.82. The van der Waals surface area contributed by atoms with Crippen LogP contribution in [0.1, 0.15) is 12.0 Å². The molecule has 1 aromatic heterocycles. The first kappa shape index (κ1) is 14.8. The van der Waals surface area contributed by atoms with Crippen molar-refractivity contribution in [3.8, 4) is 5.88 Å². The maximum Gasteiger partial charge on any atom is 0.574 e. The maximum atomic E-state index is 12.4. The topological polar surface area (TPSA) is 65.3 Å². The van der Waals surface area contributed by atoms with E-state index in [0.717, 1.165) is 0 Å².